The van der Waals surface area contributed by atoms with Gasteiger partial charge in [0.25, 0.3) is 11.5 Å². The molecule has 0 unspecified atom stereocenters. The molecule has 2 aromatic rings. The summed E-state index contributed by atoms with van der Waals surface area (Å²) < 4.78 is 1.58. The van der Waals surface area contributed by atoms with Crippen LogP contribution in [0.2, 0.25) is 0 Å². The standard InChI is InChI=1S/C21H27N3O3/c1-6-8-14(2)18(12-17-9-7-10-24(17)27-5)20(25)22-13-19-15(3)11-16(4)23-21(19)26/h7-12H,6,13H2,1-5H3,(H,22,25)(H,23,26)/b14-8+,18-12+. The van der Waals surface area contributed by atoms with Crippen LogP contribution in [0, 0.1) is 13.8 Å². The smallest absolute Gasteiger partial charge is 0.253 e. The Labute approximate surface area is 159 Å². The summed E-state index contributed by atoms with van der Waals surface area (Å²) in [5.41, 5.74) is 4.21. The first-order chi connectivity index (χ1) is 12.9. The van der Waals surface area contributed by atoms with E-state index >= 15 is 0 Å². The number of aryl methyl sites for hydroxylation is 2. The molecule has 0 aliphatic carbocycles. The van der Waals surface area contributed by atoms with E-state index in [-0.39, 0.29) is 18.0 Å². The SMILES string of the molecule is CC/C=C(C)/C(=C\c1cccn1OC)C(=O)NCc1c(C)cc(C)[nH]c1=O. The summed E-state index contributed by atoms with van der Waals surface area (Å²) in [5, 5.41) is 2.87. The predicted molar refractivity (Wildman–Crippen MR) is 107 cm³/mol. The summed E-state index contributed by atoms with van der Waals surface area (Å²) in [6.07, 6.45) is 6.37. The van der Waals surface area contributed by atoms with Gasteiger partial charge in [-0.15, -0.1) is 0 Å². The van der Waals surface area contributed by atoms with Crippen molar-refractivity contribution < 1.29 is 9.63 Å². The van der Waals surface area contributed by atoms with E-state index in [1.807, 2.05) is 52.0 Å². The first-order valence-electron chi connectivity index (χ1n) is 8.95. The molecule has 0 radical (unpaired) electrons. The summed E-state index contributed by atoms with van der Waals surface area (Å²) in [6, 6.07) is 5.61. The third-order valence-corrected chi connectivity index (χ3v) is 4.33. The number of nitrogens with one attached hydrogen (secondary N) is 2. The van der Waals surface area contributed by atoms with Gasteiger partial charge < -0.3 is 15.1 Å². The zero-order chi connectivity index (χ0) is 20.0. The molecule has 1 amide bonds. The zero-order valence-corrected chi connectivity index (χ0v) is 16.6. The molecule has 0 saturated carbocycles. The van der Waals surface area contributed by atoms with Crippen molar-refractivity contribution in [3.63, 3.8) is 0 Å². The molecule has 2 N–H and O–H groups in total. The quantitative estimate of drug-likeness (QED) is 0.582. The average Bonchev–Trinajstić information content (AvgIpc) is 3.05. The predicted octanol–water partition coefficient (Wildman–Crippen LogP) is 2.91. The third kappa shape index (κ3) is 5.00. The molecular weight excluding hydrogens is 342 g/mol. The number of hydrogen-bond acceptors (Lipinski definition) is 3. The van der Waals surface area contributed by atoms with Crippen molar-refractivity contribution in [3.8, 4) is 0 Å². The monoisotopic (exact) mass is 369 g/mol. The second-order valence-corrected chi connectivity index (χ2v) is 6.42. The Kier molecular flexibility index (Phi) is 6.82. The highest BCUT2D eigenvalue weighted by molar-refractivity contribution is 6.01. The third-order valence-electron chi connectivity index (χ3n) is 4.33. The molecule has 0 saturated heterocycles. The van der Waals surface area contributed by atoms with E-state index in [0.29, 0.717) is 11.1 Å². The Morgan fingerprint density at radius 2 is 2.11 bits per heavy atom. The molecular formula is C21H27N3O3. The van der Waals surface area contributed by atoms with Gasteiger partial charge in [0, 0.05) is 29.6 Å². The van der Waals surface area contributed by atoms with Crippen LogP contribution >= 0.6 is 0 Å². The number of amides is 1. The van der Waals surface area contributed by atoms with Gasteiger partial charge in [-0.05, 0) is 62.6 Å². The number of hydrogen-bond donors (Lipinski definition) is 2. The molecule has 2 aromatic heterocycles. The topological polar surface area (TPSA) is 76.1 Å². The van der Waals surface area contributed by atoms with E-state index in [0.717, 1.165) is 28.9 Å². The fourth-order valence-corrected chi connectivity index (χ4v) is 2.94. The van der Waals surface area contributed by atoms with Crippen molar-refractivity contribution in [1.29, 1.82) is 0 Å². The van der Waals surface area contributed by atoms with Crippen LogP contribution in [-0.4, -0.2) is 22.7 Å². The minimum Gasteiger partial charge on any atom is -0.417 e. The fourth-order valence-electron chi connectivity index (χ4n) is 2.94. The maximum atomic E-state index is 12.9. The first kappa shape index (κ1) is 20.3. The van der Waals surface area contributed by atoms with Crippen LogP contribution < -0.4 is 15.7 Å². The van der Waals surface area contributed by atoms with Crippen LogP contribution in [0.3, 0.4) is 0 Å². The summed E-state index contributed by atoms with van der Waals surface area (Å²) in [4.78, 5) is 33.1. The minimum absolute atomic E-state index is 0.169. The molecule has 0 fully saturated rings. The molecule has 6 heteroatoms. The first-order valence-corrected chi connectivity index (χ1v) is 8.95. The number of aromatic amines is 1. The number of allylic oxidation sites excluding steroid dienone is 1. The van der Waals surface area contributed by atoms with Gasteiger partial charge in [-0.3, -0.25) is 9.59 Å². The number of nitrogens with zero attached hydrogens (tertiary/aromatic N) is 1. The fraction of sp³-hybridized carbons (Fsp3) is 0.333. The van der Waals surface area contributed by atoms with Gasteiger partial charge in [-0.25, -0.2) is 0 Å². The zero-order valence-electron chi connectivity index (χ0n) is 16.6. The van der Waals surface area contributed by atoms with Gasteiger partial charge in [-0.2, -0.15) is 4.73 Å². The number of rotatable bonds is 7. The van der Waals surface area contributed by atoms with Crippen LogP contribution in [0.15, 0.2) is 46.4 Å². The lowest BCUT2D eigenvalue weighted by atomic mass is 10.0. The maximum absolute atomic E-state index is 12.9. The molecule has 2 rings (SSSR count). The van der Waals surface area contributed by atoms with Crippen LogP contribution in [0.25, 0.3) is 6.08 Å². The van der Waals surface area contributed by atoms with Crippen LogP contribution in [0.1, 0.15) is 42.8 Å². The largest absolute Gasteiger partial charge is 0.417 e. The second kappa shape index (κ2) is 9.07. The molecule has 0 aliphatic heterocycles. The summed E-state index contributed by atoms with van der Waals surface area (Å²) >= 11 is 0. The number of aromatic nitrogens is 2. The van der Waals surface area contributed by atoms with E-state index in [9.17, 15) is 9.59 Å². The summed E-state index contributed by atoms with van der Waals surface area (Å²) in [6.45, 7) is 7.79. The number of pyridine rings is 1. The highest BCUT2D eigenvalue weighted by atomic mass is 16.6. The van der Waals surface area contributed by atoms with Crippen molar-refractivity contribution in [2.24, 2.45) is 0 Å². The normalized spacial score (nSPS) is 12.2. The Morgan fingerprint density at radius 3 is 2.74 bits per heavy atom. The molecule has 0 spiro atoms. The van der Waals surface area contributed by atoms with Crippen molar-refractivity contribution in [2.45, 2.75) is 40.7 Å². The highest BCUT2D eigenvalue weighted by Crippen LogP contribution is 2.16. The van der Waals surface area contributed by atoms with Crippen LogP contribution in [0.4, 0.5) is 0 Å². The molecule has 0 aromatic carbocycles. The second-order valence-electron chi connectivity index (χ2n) is 6.42. The lowest BCUT2D eigenvalue weighted by molar-refractivity contribution is -0.117. The maximum Gasteiger partial charge on any atom is 0.253 e. The number of H-pyrrole nitrogens is 1. The lowest BCUT2D eigenvalue weighted by Gasteiger charge is -2.12. The van der Waals surface area contributed by atoms with E-state index < -0.39 is 0 Å². The highest BCUT2D eigenvalue weighted by Gasteiger charge is 2.14. The Morgan fingerprint density at radius 1 is 1.37 bits per heavy atom. The van der Waals surface area contributed by atoms with Crippen molar-refractivity contribution in [2.75, 3.05) is 7.11 Å². The minimum atomic E-state index is -0.236. The Bertz CT molecular complexity index is 932. The lowest BCUT2D eigenvalue weighted by Crippen LogP contribution is -2.29. The molecule has 0 aliphatic rings. The van der Waals surface area contributed by atoms with Crippen molar-refractivity contribution in [3.05, 3.63) is 74.5 Å². The van der Waals surface area contributed by atoms with Gasteiger partial charge in [0.05, 0.1) is 5.69 Å². The summed E-state index contributed by atoms with van der Waals surface area (Å²) in [5.74, 6) is -0.236. The molecule has 27 heavy (non-hydrogen) atoms. The Balaban J connectivity index is 2.30. The van der Waals surface area contributed by atoms with Crippen molar-refractivity contribution >= 4 is 12.0 Å². The molecule has 6 nitrogen and oxygen atoms in total. The molecule has 2 heterocycles. The summed E-state index contributed by atoms with van der Waals surface area (Å²) in [7, 11) is 1.57. The molecule has 0 atom stereocenters. The average molecular weight is 369 g/mol. The van der Waals surface area contributed by atoms with E-state index in [2.05, 4.69) is 10.3 Å². The number of carbonyl (C=O) groups is 1. The van der Waals surface area contributed by atoms with Crippen LogP contribution in [0.5, 0.6) is 0 Å². The van der Waals surface area contributed by atoms with Gasteiger partial charge >= 0.3 is 0 Å². The van der Waals surface area contributed by atoms with Crippen molar-refractivity contribution in [1.82, 2.24) is 15.0 Å². The molecule has 144 valence electrons. The van der Waals surface area contributed by atoms with E-state index in [4.69, 9.17) is 4.84 Å². The molecule has 0 bridgehead atoms. The van der Waals surface area contributed by atoms with Gasteiger partial charge in [-0.1, -0.05) is 13.0 Å². The van der Waals surface area contributed by atoms with Crippen LogP contribution in [-0.2, 0) is 11.3 Å². The van der Waals surface area contributed by atoms with Gasteiger partial charge in [0.15, 0.2) is 0 Å². The Hall–Kier alpha value is -3.02. The van der Waals surface area contributed by atoms with Gasteiger partial charge in [0.2, 0.25) is 0 Å². The van der Waals surface area contributed by atoms with Gasteiger partial charge in [0.1, 0.15) is 7.11 Å². The van der Waals surface area contributed by atoms with E-state index in [1.165, 1.54) is 0 Å². The number of carbonyl (C=O) groups excluding carboxylic acids is 1. The van der Waals surface area contributed by atoms with E-state index in [1.54, 1.807) is 24.1 Å².